The molecule has 0 N–H and O–H groups in total. The summed E-state index contributed by atoms with van der Waals surface area (Å²) in [4.78, 5) is 38.0. The molecular weight excluding hydrogens is 505 g/mol. The number of rotatable bonds is 7. The number of nitrogens with zero attached hydrogens (tertiary/aromatic N) is 3. The zero-order valence-electron chi connectivity index (χ0n) is 21.3. The summed E-state index contributed by atoms with van der Waals surface area (Å²) in [5.74, 6) is -1.73. The summed E-state index contributed by atoms with van der Waals surface area (Å²) in [6.45, 7) is 7.68. The van der Waals surface area contributed by atoms with Gasteiger partial charge in [0.2, 0.25) is 5.91 Å². The van der Waals surface area contributed by atoms with E-state index < -0.39 is 60.9 Å². The first-order chi connectivity index (χ1) is 17.1. The number of ether oxygens (including phenoxy) is 1. The number of benzene rings is 2. The molecule has 3 rings (SSSR count). The van der Waals surface area contributed by atoms with E-state index in [1.54, 1.807) is 33.8 Å². The molecule has 2 aromatic rings. The molecule has 1 aliphatic heterocycles. The summed E-state index contributed by atoms with van der Waals surface area (Å²) in [6, 6.07) is 6.97. The molecule has 1 heterocycles. The van der Waals surface area contributed by atoms with Crippen LogP contribution < -0.4 is 0 Å². The van der Waals surface area contributed by atoms with Crippen molar-refractivity contribution in [2.24, 2.45) is 0 Å². The van der Waals surface area contributed by atoms with E-state index in [1.807, 2.05) is 0 Å². The first-order valence-corrected chi connectivity index (χ1v) is 13.1. The number of piperazine rings is 1. The molecule has 1 fully saturated rings. The second kappa shape index (κ2) is 10.5. The molecule has 0 aliphatic carbocycles. The Morgan fingerprint density at radius 1 is 1.22 bits per heavy atom. The number of nitro groups is 1. The van der Waals surface area contributed by atoms with Gasteiger partial charge in [-0.2, -0.15) is 4.31 Å². The Kier molecular flexibility index (Phi) is 8.03. The maximum absolute atomic E-state index is 13.8. The van der Waals surface area contributed by atoms with E-state index in [0.717, 1.165) is 16.4 Å². The Morgan fingerprint density at radius 3 is 2.46 bits per heavy atom. The molecule has 1 amide bonds. The van der Waals surface area contributed by atoms with Gasteiger partial charge in [0.25, 0.3) is 15.7 Å². The van der Waals surface area contributed by atoms with Gasteiger partial charge in [-0.15, -0.1) is 0 Å². The van der Waals surface area contributed by atoms with Gasteiger partial charge in [-0.3, -0.25) is 14.9 Å². The predicted molar refractivity (Wildman–Crippen MR) is 133 cm³/mol. The minimum atomic E-state index is -4.40. The third-order valence-electron chi connectivity index (χ3n) is 5.99. The zero-order chi connectivity index (χ0) is 27.7. The molecule has 0 spiro atoms. The Bertz CT molecular complexity index is 1320. The largest absolute Gasteiger partial charge is 0.458 e. The van der Waals surface area contributed by atoms with Crippen LogP contribution in [0.25, 0.3) is 0 Å². The fraction of sp³-hybridized carbons (Fsp3) is 0.440. The van der Waals surface area contributed by atoms with Crippen molar-refractivity contribution in [3.05, 3.63) is 69.5 Å². The van der Waals surface area contributed by atoms with E-state index in [1.165, 1.54) is 36.1 Å². The number of halogens is 1. The van der Waals surface area contributed by atoms with Crippen molar-refractivity contribution in [1.82, 2.24) is 9.21 Å². The van der Waals surface area contributed by atoms with E-state index >= 15 is 0 Å². The number of hydrogen-bond acceptors (Lipinski definition) is 7. The van der Waals surface area contributed by atoms with Gasteiger partial charge < -0.3 is 9.64 Å². The first-order valence-electron chi connectivity index (χ1n) is 11.7. The number of nitro benzene ring substituents is 1. The van der Waals surface area contributed by atoms with Gasteiger partial charge in [0.1, 0.15) is 23.5 Å². The van der Waals surface area contributed by atoms with Crippen LogP contribution in [0.4, 0.5) is 10.1 Å². The van der Waals surface area contributed by atoms with Gasteiger partial charge in [-0.1, -0.05) is 24.3 Å². The molecule has 1 saturated heterocycles. The van der Waals surface area contributed by atoms with Crippen LogP contribution >= 0.6 is 0 Å². The van der Waals surface area contributed by atoms with Crippen molar-refractivity contribution in [3.63, 3.8) is 0 Å². The Labute approximate surface area is 215 Å². The van der Waals surface area contributed by atoms with E-state index in [2.05, 4.69) is 0 Å². The summed E-state index contributed by atoms with van der Waals surface area (Å²) < 4.78 is 47.0. The van der Waals surface area contributed by atoms with Crippen LogP contribution in [-0.2, 0) is 30.8 Å². The summed E-state index contributed by atoms with van der Waals surface area (Å²) in [6.07, 6.45) is 0.0331. The molecule has 37 heavy (non-hydrogen) atoms. The van der Waals surface area contributed by atoms with E-state index in [4.69, 9.17) is 4.74 Å². The number of carbonyl (C=O) groups excluding carboxylic acids is 2. The lowest BCUT2D eigenvalue weighted by Crippen LogP contribution is -2.62. The average Bonchev–Trinajstić information content (AvgIpc) is 2.80. The molecule has 10 nitrogen and oxygen atoms in total. The maximum Gasteiger partial charge on any atom is 0.329 e. The lowest BCUT2D eigenvalue weighted by Gasteiger charge is -2.41. The molecule has 0 bridgehead atoms. The maximum atomic E-state index is 13.8. The highest BCUT2D eigenvalue weighted by Gasteiger charge is 2.45. The Balaban J connectivity index is 1.94. The van der Waals surface area contributed by atoms with Gasteiger partial charge in [-0.25, -0.2) is 17.6 Å². The van der Waals surface area contributed by atoms with Crippen LogP contribution in [0, 0.1) is 22.9 Å². The average molecular weight is 536 g/mol. The lowest BCUT2D eigenvalue weighted by atomic mass is 10.0. The standard InChI is InChI=1S/C25H30FN3O7S/c1-16-14-18(10-11-19(16)26)15-21(24(31)36-25(3,4)5)27-12-13-28(17(2)23(27)30)37(34,35)22-9-7-6-8-20(22)29(32)33/h6-11,14,17,21H,12-13,15H2,1-5H3/t17-,21-/m0/s1. The van der Waals surface area contributed by atoms with Gasteiger partial charge in [-0.05, 0) is 57.9 Å². The van der Waals surface area contributed by atoms with Gasteiger partial charge >= 0.3 is 5.97 Å². The van der Waals surface area contributed by atoms with Crippen molar-refractivity contribution >= 4 is 27.6 Å². The fourth-order valence-corrected chi connectivity index (χ4v) is 5.95. The predicted octanol–water partition coefficient (Wildman–Crippen LogP) is 3.22. The number of amides is 1. The fourth-order valence-electron chi connectivity index (χ4n) is 4.21. The molecule has 0 unspecified atom stereocenters. The second-order valence-electron chi connectivity index (χ2n) is 9.89. The van der Waals surface area contributed by atoms with Crippen LogP contribution in [0.15, 0.2) is 47.4 Å². The SMILES string of the molecule is Cc1cc(C[C@@H](C(=O)OC(C)(C)C)N2CCN(S(=O)(=O)c3ccccc3[N+](=O)[O-])[C@@H](C)C2=O)ccc1F. The topological polar surface area (TPSA) is 127 Å². The number of hydrogen-bond donors (Lipinski definition) is 0. The van der Waals surface area contributed by atoms with E-state index in [0.29, 0.717) is 11.1 Å². The normalized spacial score (nSPS) is 17.9. The van der Waals surface area contributed by atoms with Crippen molar-refractivity contribution in [2.45, 2.75) is 63.6 Å². The molecule has 0 aromatic heterocycles. The zero-order valence-corrected chi connectivity index (χ0v) is 22.1. The summed E-state index contributed by atoms with van der Waals surface area (Å²) in [7, 11) is -4.40. The third kappa shape index (κ3) is 6.13. The van der Waals surface area contributed by atoms with Gasteiger partial charge in [0.15, 0.2) is 4.90 Å². The Morgan fingerprint density at radius 2 is 1.86 bits per heavy atom. The molecule has 0 radical (unpaired) electrons. The van der Waals surface area contributed by atoms with Crippen LogP contribution in [0.1, 0.15) is 38.8 Å². The monoisotopic (exact) mass is 535 g/mol. The highest BCUT2D eigenvalue weighted by Crippen LogP contribution is 2.30. The van der Waals surface area contributed by atoms with E-state index in [-0.39, 0.29) is 19.5 Å². The van der Waals surface area contributed by atoms with Crippen LogP contribution in [-0.4, -0.2) is 65.2 Å². The molecule has 200 valence electrons. The van der Waals surface area contributed by atoms with Gasteiger partial charge in [0, 0.05) is 25.6 Å². The quantitative estimate of drug-likeness (QED) is 0.303. The number of aryl methyl sites for hydroxylation is 1. The molecule has 12 heteroatoms. The first kappa shape index (κ1) is 28.2. The van der Waals surface area contributed by atoms with Crippen LogP contribution in [0.3, 0.4) is 0 Å². The summed E-state index contributed by atoms with van der Waals surface area (Å²) >= 11 is 0. The van der Waals surface area contributed by atoms with Crippen LogP contribution in [0.2, 0.25) is 0 Å². The lowest BCUT2D eigenvalue weighted by molar-refractivity contribution is -0.387. The smallest absolute Gasteiger partial charge is 0.329 e. The third-order valence-corrected chi connectivity index (χ3v) is 8.01. The van der Waals surface area contributed by atoms with Crippen molar-refractivity contribution < 1.29 is 32.1 Å². The minimum Gasteiger partial charge on any atom is -0.458 e. The van der Waals surface area contributed by atoms with Crippen molar-refractivity contribution in [2.75, 3.05) is 13.1 Å². The Hall–Kier alpha value is -3.38. The van der Waals surface area contributed by atoms with E-state index in [9.17, 15) is 32.5 Å². The number of esters is 1. The molecule has 2 atom stereocenters. The number of para-hydroxylation sites is 1. The molecule has 0 saturated carbocycles. The molecule has 1 aliphatic rings. The highest BCUT2D eigenvalue weighted by atomic mass is 32.2. The molecular formula is C25H30FN3O7S. The molecule has 2 aromatic carbocycles. The summed E-state index contributed by atoms with van der Waals surface area (Å²) in [5.41, 5.74) is -0.464. The number of carbonyl (C=O) groups is 2. The summed E-state index contributed by atoms with van der Waals surface area (Å²) in [5, 5.41) is 11.4. The minimum absolute atomic E-state index is 0.0331. The van der Waals surface area contributed by atoms with Crippen molar-refractivity contribution in [1.29, 1.82) is 0 Å². The highest BCUT2D eigenvalue weighted by molar-refractivity contribution is 7.89. The second-order valence-corrected chi connectivity index (χ2v) is 11.7. The van der Waals surface area contributed by atoms with Crippen molar-refractivity contribution in [3.8, 4) is 0 Å². The number of sulfonamides is 1. The van der Waals surface area contributed by atoms with Crippen LogP contribution in [0.5, 0.6) is 0 Å². The van der Waals surface area contributed by atoms with Gasteiger partial charge in [0.05, 0.1) is 4.92 Å².